The summed E-state index contributed by atoms with van der Waals surface area (Å²) in [5.41, 5.74) is 3.55. The van der Waals surface area contributed by atoms with E-state index >= 15 is 0 Å². The van der Waals surface area contributed by atoms with Crippen molar-refractivity contribution in [3.63, 3.8) is 0 Å². The molecule has 132 valence electrons. The van der Waals surface area contributed by atoms with Crippen LogP contribution in [0.3, 0.4) is 0 Å². The van der Waals surface area contributed by atoms with E-state index in [4.69, 9.17) is 16.3 Å². The molecule has 0 saturated carbocycles. The fraction of sp³-hybridized carbons (Fsp3) is 0.227. The lowest BCUT2D eigenvalue weighted by Gasteiger charge is -2.18. The first-order valence-corrected chi connectivity index (χ1v) is 9.30. The molecule has 0 fully saturated rings. The summed E-state index contributed by atoms with van der Waals surface area (Å²) in [6, 6.07) is 17.5. The molecule has 0 radical (unpaired) electrons. The van der Waals surface area contributed by atoms with E-state index in [1.165, 1.54) is 16.5 Å². The first-order chi connectivity index (χ1) is 12.7. The Morgan fingerprint density at radius 1 is 1.12 bits per heavy atom. The van der Waals surface area contributed by atoms with Gasteiger partial charge in [-0.15, -0.1) is 0 Å². The van der Waals surface area contributed by atoms with Crippen molar-refractivity contribution >= 4 is 34.0 Å². The SMILES string of the molecule is CC[C@H](Oc1cccc(Cl)c1)C(=O)Nc1ccc2c3c(cccc13)CC2. The molecule has 0 aliphatic heterocycles. The smallest absolute Gasteiger partial charge is 0.265 e. The number of aryl methyl sites for hydroxylation is 2. The molecular weight excluding hydrogens is 346 g/mol. The average molecular weight is 366 g/mol. The van der Waals surface area contributed by atoms with Crippen molar-refractivity contribution in [2.75, 3.05) is 5.32 Å². The number of rotatable bonds is 5. The summed E-state index contributed by atoms with van der Waals surface area (Å²) in [5.74, 6) is 0.450. The number of carbonyl (C=O) groups excluding carboxylic acids is 1. The fourth-order valence-electron chi connectivity index (χ4n) is 3.60. The van der Waals surface area contributed by atoms with Crippen molar-refractivity contribution in [1.82, 2.24) is 0 Å². The minimum absolute atomic E-state index is 0.147. The van der Waals surface area contributed by atoms with Gasteiger partial charge in [0.05, 0.1) is 0 Å². The summed E-state index contributed by atoms with van der Waals surface area (Å²) in [6.45, 7) is 1.93. The van der Waals surface area contributed by atoms with E-state index in [9.17, 15) is 4.79 Å². The zero-order chi connectivity index (χ0) is 18.1. The summed E-state index contributed by atoms with van der Waals surface area (Å²) < 4.78 is 5.85. The maximum atomic E-state index is 12.8. The van der Waals surface area contributed by atoms with Gasteiger partial charge in [0.25, 0.3) is 5.91 Å². The van der Waals surface area contributed by atoms with Crippen LogP contribution in [0.15, 0.2) is 54.6 Å². The van der Waals surface area contributed by atoms with Gasteiger partial charge in [-0.3, -0.25) is 4.79 Å². The van der Waals surface area contributed by atoms with Crippen molar-refractivity contribution in [1.29, 1.82) is 0 Å². The first kappa shape index (κ1) is 16.9. The van der Waals surface area contributed by atoms with Crippen molar-refractivity contribution in [2.24, 2.45) is 0 Å². The molecule has 0 aromatic heterocycles. The molecule has 1 aliphatic rings. The van der Waals surface area contributed by atoms with E-state index in [-0.39, 0.29) is 5.91 Å². The molecule has 26 heavy (non-hydrogen) atoms. The van der Waals surface area contributed by atoms with Gasteiger partial charge in [0.15, 0.2) is 6.10 Å². The Morgan fingerprint density at radius 2 is 1.88 bits per heavy atom. The number of amides is 1. The van der Waals surface area contributed by atoms with Gasteiger partial charge < -0.3 is 10.1 Å². The van der Waals surface area contributed by atoms with Crippen LogP contribution >= 0.6 is 11.6 Å². The quantitative estimate of drug-likeness (QED) is 0.658. The van der Waals surface area contributed by atoms with Gasteiger partial charge in [-0.25, -0.2) is 0 Å². The molecular formula is C22H20ClNO2. The highest BCUT2D eigenvalue weighted by atomic mass is 35.5. The van der Waals surface area contributed by atoms with Gasteiger partial charge in [0, 0.05) is 16.1 Å². The number of hydrogen-bond donors (Lipinski definition) is 1. The Hall–Kier alpha value is -2.52. The first-order valence-electron chi connectivity index (χ1n) is 8.92. The maximum absolute atomic E-state index is 12.8. The van der Waals surface area contributed by atoms with E-state index in [0.29, 0.717) is 17.2 Å². The summed E-state index contributed by atoms with van der Waals surface area (Å²) in [4.78, 5) is 12.8. The molecule has 4 heteroatoms. The highest BCUT2D eigenvalue weighted by molar-refractivity contribution is 6.30. The number of benzene rings is 3. The van der Waals surface area contributed by atoms with Crippen LogP contribution in [-0.2, 0) is 17.6 Å². The fourth-order valence-corrected chi connectivity index (χ4v) is 3.78. The standard InChI is InChI=1S/C22H20ClNO2/c1-2-20(26-17-7-4-6-16(23)13-17)22(25)24-19-12-11-15-10-9-14-5-3-8-18(19)21(14)15/h3-8,11-13,20H,2,9-10H2,1H3,(H,24,25)/t20-/m0/s1. The van der Waals surface area contributed by atoms with E-state index in [1.54, 1.807) is 18.2 Å². The van der Waals surface area contributed by atoms with Crippen LogP contribution in [0.1, 0.15) is 24.5 Å². The number of hydrogen-bond acceptors (Lipinski definition) is 2. The molecule has 3 nitrogen and oxygen atoms in total. The number of ether oxygens (including phenoxy) is 1. The molecule has 1 amide bonds. The molecule has 0 spiro atoms. The predicted molar refractivity (Wildman–Crippen MR) is 106 cm³/mol. The zero-order valence-electron chi connectivity index (χ0n) is 14.6. The third kappa shape index (κ3) is 3.15. The van der Waals surface area contributed by atoms with Gasteiger partial charge in [-0.2, -0.15) is 0 Å². The second-order valence-corrected chi connectivity index (χ2v) is 7.01. The molecule has 0 unspecified atom stereocenters. The topological polar surface area (TPSA) is 38.3 Å². The molecule has 1 N–H and O–H groups in total. The third-order valence-corrected chi connectivity index (χ3v) is 5.11. The summed E-state index contributed by atoms with van der Waals surface area (Å²) in [5, 5.41) is 6.03. The van der Waals surface area contributed by atoms with Crippen molar-refractivity contribution in [3.05, 3.63) is 70.7 Å². The van der Waals surface area contributed by atoms with Gasteiger partial charge in [-0.1, -0.05) is 48.9 Å². The second-order valence-electron chi connectivity index (χ2n) is 6.57. The average Bonchev–Trinajstić information content (AvgIpc) is 3.07. The molecule has 1 aliphatic carbocycles. The molecule has 3 aromatic carbocycles. The second kappa shape index (κ2) is 7.00. The van der Waals surface area contributed by atoms with Gasteiger partial charge in [0.1, 0.15) is 5.75 Å². The van der Waals surface area contributed by atoms with Crippen molar-refractivity contribution in [3.8, 4) is 5.75 Å². The summed E-state index contributed by atoms with van der Waals surface area (Å²) in [7, 11) is 0. The normalized spacial score (nSPS) is 13.6. The lowest BCUT2D eigenvalue weighted by Crippen LogP contribution is -2.32. The molecule has 4 rings (SSSR count). The maximum Gasteiger partial charge on any atom is 0.265 e. The van der Waals surface area contributed by atoms with E-state index < -0.39 is 6.10 Å². The monoisotopic (exact) mass is 365 g/mol. The van der Waals surface area contributed by atoms with Gasteiger partial charge in [-0.05, 0) is 60.0 Å². The Morgan fingerprint density at radius 3 is 2.65 bits per heavy atom. The highest BCUT2D eigenvalue weighted by Crippen LogP contribution is 2.35. The summed E-state index contributed by atoms with van der Waals surface area (Å²) in [6.07, 6.45) is 2.13. The largest absolute Gasteiger partial charge is 0.481 e. The molecule has 3 aromatic rings. The highest BCUT2D eigenvalue weighted by Gasteiger charge is 2.21. The lowest BCUT2D eigenvalue weighted by molar-refractivity contribution is -0.122. The third-order valence-electron chi connectivity index (χ3n) is 4.87. The Kier molecular flexibility index (Phi) is 4.56. The van der Waals surface area contributed by atoms with Gasteiger partial charge in [0.2, 0.25) is 0 Å². The van der Waals surface area contributed by atoms with E-state index in [1.807, 2.05) is 19.1 Å². The Labute approximate surface area is 157 Å². The molecule has 0 bridgehead atoms. The van der Waals surface area contributed by atoms with E-state index in [0.717, 1.165) is 23.9 Å². The molecule has 1 atom stereocenters. The minimum atomic E-state index is -0.573. The van der Waals surface area contributed by atoms with Gasteiger partial charge >= 0.3 is 0 Å². The zero-order valence-corrected chi connectivity index (χ0v) is 15.3. The molecule has 0 heterocycles. The lowest BCUT2D eigenvalue weighted by atomic mass is 10.0. The van der Waals surface area contributed by atoms with Crippen LogP contribution < -0.4 is 10.1 Å². The molecule has 0 saturated heterocycles. The van der Waals surface area contributed by atoms with E-state index in [2.05, 4.69) is 29.6 Å². The number of carbonyl (C=O) groups is 1. The summed E-state index contributed by atoms with van der Waals surface area (Å²) >= 11 is 6.00. The van der Waals surface area contributed by atoms with Crippen LogP contribution in [0.25, 0.3) is 10.8 Å². The number of halogens is 1. The number of nitrogens with one attached hydrogen (secondary N) is 1. The Balaban J connectivity index is 1.58. The minimum Gasteiger partial charge on any atom is -0.481 e. The number of anilines is 1. The predicted octanol–water partition coefficient (Wildman–Crippen LogP) is 5.39. The van der Waals surface area contributed by atoms with Crippen LogP contribution in [-0.4, -0.2) is 12.0 Å². The van der Waals surface area contributed by atoms with Crippen LogP contribution in [0.5, 0.6) is 5.75 Å². The van der Waals surface area contributed by atoms with Crippen LogP contribution in [0.4, 0.5) is 5.69 Å². The van der Waals surface area contributed by atoms with Crippen molar-refractivity contribution < 1.29 is 9.53 Å². The van der Waals surface area contributed by atoms with Crippen LogP contribution in [0, 0.1) is 0 Å². The van der Waals surface area contributed by atoms with Crippen molar-refractivity contribution in [2.45, 2.75) is 32.3 Å². The van der Waals surface area contributed by atoms with Crippen LogP contribution in [0.2, 0.25) is 5.02 Å². The Bertz CT molecular complexity index is 973.